The molecule has 7 heteroatoms. The number of hydrogen-bond donors (Lipinski definition) is 1. The molecule has 3 heterocycles. The van der Waals surface area contributed by atoms with Gasteiger partial charge in [0.15, 0.2) is 5.82 Å². The highest BCUT2D eigenvalue weighted by molar-refractivity contribution is 5.48. The zero-order valence-electron chi connectivity index (χ0n) is 14.4. The van der Waals surface area contributed by atoms with Gasteiger partial charge in [0, 0.05) is 37.8 Å². The van der Waals surface area contributed by atoms with Crippen LogP contribution in [-0.4, -0.2) is 31.4 Å². The highest BCUT2D eigenvalue weighted by Gasteiger charge is 2.22. The summed E-state index contributed by atoms with van der Waals surface area (Å²) in [6.45, 7) is 3.49. The first kappa shape index (κ1) is 16.5. The van der Waals surface area contributed by atoms with Crippen LogP contribution in [0.15, 0.2) is 41.5 Å². The largest absolute Gasteiger partial charge is 0.305 e. The number of aryl methyl sites for hydroxylation is 1. The summed E-state index contributed by atoms with van der Waals surface area (Å²) in [5.41, 5.74) is 3.21. The minimum atomic E-state index is -0.223. The Morgan fingerprint density at radius 1 is 1.23 bits per heavy atom. The molecule has 3 aromatic rings. The Kier molecular flexibility index (Phi) is 4.30. The Morgan fingerprint density at radius 3 is 2.85 bits per heavy atom. The highest BCUT2D eigenvalue weighted by Crippen LogP contribution is 2.19. The van der Waals surface area contributed by atoms with Crippen molar-refractivity contribution in [1.29, 1.82) is 0 Å². The molecule has 0 amide bonds. The number of fused-ring (bicyclic) bond motifs is 1. The summed E-state index contributed by atoms with van der Waals surface area (Å²) in [5.74, 6) is 0.211. The van der Waals surface area contributed by atoms with Gasteiger partial charge in [-0.2, -0.15) is 0 Å². The van der Waals surface area contributed by atoms with E-state index >= 15 is 0 Å². The highest BCUT2D eigenvalue weighted by atomic mass is 19.1. The molecule has 0 saturated carbocycles. The van der Waals surface area contributed by atoms with Crippen LogP contribution in [0.25, 0.3) is 11.5 Å². The number of aromatic amines is 1. The molecule has 26 heavy (non-hydrogen) atoms. The average Bonchev–Trinajstić information content (AvgIpc) is 2.64. The van der Waals surface area contributed by atoms with Crippen molar-refractivity contribution >= 4 is 0 Å². The average molecular weight is 351 g/mol. The van der Waals surface area contributed by atoms with Crippen LogP contribution >= 0.6 is 0 Å². The summed E-state index contributed by atoms with van der Waals surface area (Å²) in [5, 5.41) is 0. The van der Waals surface area contributed by atoms with Gasteiger partial charge in [0.1, 0.15) is 11.5 Å². The van der Waals surface area contributed by atoms with Crippen LogP contribution in [0.3, 0.4) is 0 Å². The molecular formula is C19H18FN5O. The Labute approximate surface area is 149 Å². The van der Waals surface area contributed by atoms with Crippen molar-refractivity contribution < 1.29 is 4.39 Å². The summed E-state index contributed by atoms with van der Waals surface area (Å²) >= 11 is 0. The SMILES string of the molecule is Cc1cnc(-c2nc3c(c(=O)[nH]2)CN(Cc2ccccc2F)CC3)cn1. The first-order valence-electron chi connectivity index (χ1n) is 8.47. The molecule has 1 aromatic carbocycles. The Bertz CT molecular complexity index is 1000. The van der Waals surface area contributed by atoms with Crippen molar-refractivity contribution in [3.63, 3.8) is 0 Å². The maximum atomic E-state index is 13.9. The minimum absolute atomic E-state index is 0.175. The van der Waals surface area contributed by atoms with Crippen LogP contribution < -0.4 is 5.56 Å². The second kappa shape index (κ2) is 6.76. The molecule has 0 atom stereocenters. The standard InChI is InChI=1S/C19H18FN5O/c1-12-8-22-17(9-21-12)18-23-16-6-7-25(11-14(16)19(26)24-18)10-13-4-2-3-5-15(13)20/h2-5,8-9H,6-7,10-11H2,1H3,(H,23,24,26). The number of H-pyrrole nitrogens is 1. The van der Waals surface area contributed by atoms with Gasteiger partial charge in [0.05, 0.1) is 23.1 Å². The topological polar surface area (TPSA) is 74.8 Å². The lowest BCUT2D eigenvalue weighted by molar-refractivity contribution is 0.238. The van der Waals surface area contributed by atoms with E-state index in [0.717, 1.165) is 17.9 Å². The third kappa shape index (κ3) is 3.25. The number of nitrogens with zero attached hydrogens (tertiary/aromatic N) is 4. The van der Waals surface area contributed by atoms with E-state index in [4.69, 9.17) is 0 Å². The lowest BCUT2D eigenvalue weighted by Crippen LogP contribution is -2.35. The van der Waals surface area contributed by atoms with Crippen LogP contribution in [0.1, 0.15) is 22.5 Å². The molecule has 1 aliphatic rings. The third-order valence-electron chi connectivity index (χ3n) is 4.52. The van der Waals surface area contributed by atoms with E-state index in [2.05, 4.69) is 24.8 Å². The Hall–Kier alpha value is -2.93. The van der Waals surface area contributed by atoms with Gasteiger partial charge in [-0.15, -0.1) is 0 Å². The summed E-state index contributed by atoms with van der Waals surface area (Å²) in [6.07, 6.45) is 3.89. The van der Waals surface area contributed by atoms with Gasteiger partial charge in [-0.3, -0.25) is 14.7 Å². The minimum Gasteiger partial charge on any atom is -0.305 e. The predicted molar refractivity (Wildman–Crippen MR) is 94.8 cm³/mol. The monoisotopic (exact) mass is 351 g/mol. The van der Waals surface area contributed by atoms with Crippen LogP contribution in [0, 0.1) is 12.7 Å². The van der Waals surface area contributed by atoms with E-state index in [1.807, 2.05) is 13.0 Å². The van der Waals surface area contributed by atoms with Gasteiger partial charge in [-0.25, -0.2) is 14.4 Å². The van der Waals surface area contributed by atoms with Gasteiger partial charge in [0.25, 0.3) is 5.56 Å². The van der Waals surface area contributed by atoms with Crippen molar-refractivity contribution in [3.05, 3.63) is 75.3 Å². The Morgan fingerprint density at radius 2 is 2.08 bits per heavy atom. The zero-order chi connectivity index (χ0) is 18.1. The first-order valence-corrected chi connectivity index (χ1v) is 8.47. The van der Waals surface area contributed by atoms with Crippen molar-refractivity contribution in [2.75, 3.05) is 6.54 Å². The number of halogens is 1. The van der Waals surface area contributed by atoms with Crippen LogP contribution in [0.2, 0.25) is 0 Å². The molecule has 1 aliphatic heterocycles. The fourth-order valence-corrected chi connectivity index (χ4v) is 3.12. The number of nitrogens with one attached hydrogen (secondary N) is 1. The molecule has 0 saturated heterocycles. The molecule has 0 radical (unpaired) electrons. The molecule has 0 unspecified atom stereocenters. The summed E-state index contributed by atoms with van der Waals surface area (Å²) in [4.78, 5) is 30.4. The van der Waals surface area contributed by atoms with E-state index in [9.17, 15) is 9.18 Å². The second-order valence-corrected chi connectivity index (χ2v) is 6.43. The molecule has 6 nitrogen and oxygen atoms in total. The zero-order valence-corrected chi connectivity index (χ0v) is 14.4. The molecule has 0 fully saturated rings. The predicted octanol–water partition coefficient (Wildman–Crippen LogP) is 2.23. The molecule has 0 bridgehead atoms. The summed E-state index contributed by atoms with van der Waals surface area (Å²) in [6, 6.07) is 6.72. The second-order valence-electron chi connectivity index (χ2n) is 6.43. The van der Waals surface area contributed by atoms with Crippen molar-refractivity contribution in [2.45, 2.75) is 26.4 Å². The van der Waals surface area contributed by atoms with Gasteiger partial charge >= 0.3 is 0 Å². The van der Waals surface area contributed by atoms with Crippen LogP contribution in [0.4, 0.5) is 4.39 Å². The van der Waals surface area contributed by atoms with Crippen molar-refractivity contribution in [3.8, 4) is 11.5 Å². The molecule has 0 aliphatic carbocycles. The number of benzene rings is 1. The fraction of sp³-hybridized carbons (Fsp3) is 0.263. The molecule has 4 rings (SSSR count). The van der Waals surface area contributed by atoms with Crippen molar-refractivity contribution in [2.24, 2.45) is 0 Å². The van der Waals surface area contributed by atoms with E-state index in [-0.39, 0.29) is 11.4 Å². The lowest BCUT2D eigenvalue weighted by atomic mass is 10.1. The normalized spacial score (nSPS) is 14.2. The van der Waals surface area contributed by atoms with Gasteiger partial charge in [0.2, 0.25) is 0 Å². The van der Waals surface area contributed by atoms with E-state index < -0.39 is 0 Å². The molecular weight excluding hydrogens is 333 g/mol. The van der Waals surface area contributed by atoms with E-state index in [0.29, 0.717) is 42.2 Å². The van der Waals surface area contributed by atoms with Crippen molar-refractivity contribution in [1.82, 2.24) is 24.8 Å². The number of hydrogen-bond acceptors (Lipinski definition) is 5. The van der Waals surface area contributed by atoms with Crippen LogP contribution in [0.5, 0.6) is 0 Å². The number of aromatic nitrogens is 4. The lowest BCUT2D eigenvalue weighted by Gasteiger charge is -2.27. The van der Waals surface area contributed by atoms with E-state index in [1.165, 1.54) is 6.07 Å². The van der Waals surface area contributed by atoms with Gasteiger partial charge in [-0.05, 0) is 13.0 Å². The molecule has 132 valence electrons. The number of rotatable bonds is 3. The Balaban J connectivity index is 1.59. The molecule has 2 aromatic heterocycles. The third-order valence-corrected chi connectivity index (χ3v) is 4.52. The fourth-order valence-electron chi connectivity index (χ4n) is 3.12. The summed E-state index contributed by atoms with van der Waals surface area (Å²) < 4.78 is 13.9. The van der Waals surface area contributed by atoms with E-state index in [1.54, 1.807) is 24.5 Å². The summed E-state index contributed by atoms with van der Waals surface area (Å²) in [7, 11) is 0. The van der Waals surface area contributed by atoms with Crippen LogP contribution in [-0.2, 0) is 19.5 Å². The maximum Gasteiger partial charge on any atom is 0.255 e. The quantitative estimate of drug-likeness (QED) is 0.783. The smallest absolute Gasteiger partial charge is 0.255 e. The van der Waals surface area contributed by atoms with Gasteiger partial charge < -0.3 is 4.98 Å². The molecule has 0 spiro atoms. The van der Waals surface area contributed by atoms with Gasteiger partial charge in [-0.1, -0.05) is 18.2 Å². The molecule has 1 N–H and O–H groups in total. The maximum absolute atomic E-state index is 13.9. The first-order chi connectivity index (χ1) is 12.6.